The second-order valence-electron chi connectivity index (χ2n) is 4.65. The third-order valence-electron chi connectivity index (χ3n) is 3.17. The van der Waals surface area contributed by atoms with Gasteiger partial charge >= 0.3 is 0 Å². The number of halogens is 1. The molecule has 0 aliphatic carbocycles. The van der Waals surface area contributed by atoms with Crippen molar-refractivity contribution < 1.29 is 9.13 Å². The van der Waals surface area contributed by atoms with Crippen molar-refractivity contribution in [3.8, 4) is 5.75 Å². The van der Waals surface area contributed by atoms with E-state index in [1.165, 1.54) is 6.07 Å². The van der Waals surface area contributed by atoms with Crippen LogP contribution >= 0.6 is 0 Å². The van der Waals surface area contributed by atoms with Crippen molar-refractivity contribution in [3.05, 3.63) is 47.0 Å². The quantitative estimate of drug-likeness (QED) is 0.881. The third kappa shape index (κ3) is 3.17. The molecule has 0 amide bonds. The molecule has 108 valence electrons. The summed E-state index contributed by atoms with van der Waals surface area (Å²) in [6.07, 6.45) is 0.874. The SMILES string of the molecule is CCc1cc(COc2c(F)cccc2CNC)n(C)n1. The molecular weight excluding hydrogens is 257 g/mol. The van der Waals surface area contributed by atoms with Crippen molar-refractivity contribution in [1.82, 2.24) is 15.1 Å². The number of nitrogens with zero attached hydrogens (tertiary/aromatic N) is 2. The highest BCUT2D eigenvalue weighted by molar-refractivity contribution is 5.35. The molecule has 2 rings (SSSR count). The Labute approximate surface area is 118 Å². The minimum absolute atomic E-state index is 0.307. The van der Waals surface area contributed by atoms with Gasteiger partial charge in [0.1, 0.15) is 6.61 Å². The molecule has 1 aromatic heterocycles. The smallest absolute Gasteiger partial charge is 0.165 e. The number of para-hydroxylation sites is 1. The van der Waals surface area contributed by atoms with Gasteiger partial charge in [-0.1, -0.05) is 19.1 Å². The van der Waals surface area contributed by atoms with Crippen LogP contribution in [0.5, 0.6) is 5.75 Å². The summed E-state index contributed by atoms with van der Waals surface area (Å²) in [5.41, 5.74) is 2.75. The largest absolute Gasteiger partial charge is 0.484 e. The Bertz CT molecular complexity index is 580. The second-order valence-corrected chi connectivity index (χ2v) is 4.65. The summed E-state index contributed by atoms with van der Waals surface area (Å²) in [6, 6.07) is 6.94. The molecule has 0 atom stereocenters. The monoisotopic (exact) mass is 277 g/mol. The minimum Gasteiger partial charge on any atom is -0.484 e. The molecule has 4 nitrogen and oxygen atoms in total. The van der Waals surface area contributed by atoms with Crippen molar-refractivity contribution >= 4 is 0 Å². The zero-order valence-corrected chi connectivity index (χ0v) is 12.1. The molecule has 0 fully saturated rings. The van der Waals surface area contributed by atoms with Gasteiger partial charge in [0.15, 0.2) is 11.6 Å². The zero-order chi connectivity index (χ0) is 14.5. The Hall–Kier alpha value is -1.88. The standard InChI is InChI=1S/C15H20FN3O/c1-4-12-8-13(19(3)18-12)10-20-15-11(9-17-2)6-5-7-14(15)16/h5-8,17H,4,9-10H2,1-3H3. The van der Waals surface area contributed by atoms with Crippen LogP contribution < -0.4 is 10.1 Å². The Kier molecular flexibility index (Phi) is 4.74. The minimum atomic E-state index is -0.337. The Morgan fingerprint density at radius 3 is 2.85 bits per heavy atom. The van der Waals surface area contributed by atoms with E-state index in [0.29, 0.717) is 18.9 Å². The summed E-state index contributed by atoms with van der Waals surface area (Å²) in [5.74, 6) is -0.0308. The number of aryl methyl sites for hydroxylation is 2. The summed E-state index contributed by atoms with van der Waals surface area (Å²) in [7, 11) is 3.69. The average Bonchev–Trinajstić information content (AvgIpc) is 2.79. The number of benzene rings is 1. The molecule has 0 bridgehead atoms. The fourth-order valence-corrected chi connectivity index (χ4v) is 2.07. The highest BCUT2D eigenvalue weighted by Crippen LogP contribution is 2.23. The Morgan fingerprint density at radius 1 is 1.40 bits per heavy atom. The van der Waals surface area contributed by atoms with Gasteiger partial charge in [-0.25, -0.2) is 4.39 Å². The average molecular weight is 277 g/mol. The maximum Gasteiger partial charge on any atom is 0.165 e. The van der Waals surface area contributed by atoms with Gasteiger partial charge in [0.25, 0.3) is 0 Å². The summed E-state index contributed by atoms with van der Waals surface area (Å²) < 4.78 is 21.3. The fraction of sp³-hybridized carbons (Fsp3) is 0.400. The topological polar surface area (TPSA) is 39.1 Å². The molecule has 1 aromatic carbocycles. The van der Waals surface area contributed by atoms with Gasteiger partial charge in [-0.15, -0.1) is 0 Å². The Morgan fingerprint density at radius 2 is 2.20 bits per heavy atom. The first kappa shape index (κ1) is 14.5. The van der Waals surface area contributed by atoms with Gasteiger partial charge in [0.05, 0.1) is 11.4 Å². The van der Waals surface area contributed by atoms with E-state index in [9.17, 15) is 4.39 Å². The fourth-order valence-electron chi connectivity index (χ4n) is 2.07. The summed E-state index contributed by atoms with van der Waals surface area (Å²) in [5, 5.41) is 7.36. The zero-order valence-electron chi connectivity index (χ0n) is 12.1. The van der Waals surface area contributed by atoms with Crippen molar-refractivity contribution in [2.45, 2.75) is 26.5 Å². The molecule has 0 radical (unpaired) electrons. The summed E-state index contributed by atoms with van der Waals surface area (Å²) in [4.78, 5) is 0. The predicted molar refractivity (Wildman–Crippen MR) is 76.1 cm³/mol. The van der Waals surface area contributed by atoms with E-state index in [2.05, 4.69) is 17.3 Å². The molecule has 0 saturated carbocycles. The normalized spacial score (nSPS) is 10.8. The lowest BCUT2D eigenvalue weighted by molar-refractivity contribution is 0.276. The van der Waals surface area contributed by atoms with Crippen LogP contribution in [0.3, 0.4) is 0 Å². The van der Waals surface area contributed by atoms with Crippen LogP contribution in [0.4, 0.5) is 4.39 Å². The van der Waals surface area contributed by atoms with Crippen molar-refractivity contribution in [2.75, 3.05) is 7.05 Å². The van der Waals surface area contributed by atoms with E-state index < -0.39 is 0 Å². The van der Waals surface area contributed by atoms with Crippen molar-refractivity contribution in [3.63, 3.8) is 0 Å². The number of rotatable bonds is 6. The lowest BCUT2D eigenvalue weighted by Gasteiger charge is -2.12. The molecule has 5 heteroatoms. The van der Waals surface area contributed by atoms with Crippen LogP contribution in [0.1, 0.15) is 23.9 Å². The van der Waals surface area contributed by atoms with Gasteiger partial charge in [0.2, 0.25) is 0 Å². The van der Waals surface area contributed by atoms with E-state index in [1.54, 1.807) is 10.7 Å². The second kappa shape index (κ2) is 6.52. The molecule has 0 saturated heterocycles. The maximum absolute atomic E-state index is 13.9. The third-order valence-corrected chi connectivity index (χ3v) is 3.17. The molecule has 2 aromatic rings. The predicted octanol–water partition coefficient (Wildman–Crippen LogP) is 2.42. The van der Waals surface area contributed by atoms with E-state index in [4.69, 9.17) is 4.74 Å². The lowest BCUT2D eigenvalue weighted by Crippen LogP contribution is -2.10. The van der Waals surface area contributed by atoms with Crippen LogP contribution in [-0.2, 0) is 26.6 Å². The van der Waals surface area contributed by atoms with E-state index in [1.807, 2.05) is 26.2 Å². The first-order chi connectivity index (χ1) is 9.65. The van der Waals surface area contributed by atoms with Crippen LogP contribution in [0.2, 0.25) is 0 Å². The number of hydrogen-bond donors (Lipinski definition) is 1. The number of hydrogen-bond acceptors (Lipinski definition) is 3. The van der Waals surface area contributed by atoms with Crippen LogP contribution in [0.25, 0.3) is 0 Å². The highest BCUT2D eigenvalue weighted by atomic mass is 19.1. The van der Waals surface area contributed by atoms with E-state index in [0.717, 1.165) is 23.4 Å². The van der Waals surface area contributed by atoms with Gasteiger partial charge in [-0.05, 0) is 25.6 Å². The number of ether oxygens (including phenoxy) is 1. The Balaban J connectivity index is 2.15. The first-order valence-electron chi connectivity index (χ1n) is 6.72. The van der Waals surface area contributed by atoms with Gasteiger partial charge in [-0.2, -0.15) is 5.10 Å². The number of nitrogens with one attached hydrogen (secondary N) is 1. The van der Waals surface area contributed by atoms with Crippen LogP contribution in [0.15, 0.2) is 24.3 Å². The number of aromatic nitrogens is 2. The molecule has 1 heterocycles. The van der Waals surface area contributed by atoms with Crippen molar-refractivity contribution in [2.24, 2.45) is 7.05 Å². The maximum atomic E-state index is 13.9. The molecule has 0 aliphatic heterocycles. The van der Waals surface area contributed by atoms with E-state index in [-0.39, 0.29) is 5.82 Å². The molecule has 0 unspecified atom stereocenters. The summed E-state index contributed by atoms with van der Waals surface area (Å²) >= 11 is 0. The highest BCUT2D eigenvalue weighted by Gasteiger charge is 2.11. The molecule has 0 aliphatic rings. The molecule has 0 spiro atoms. The molecule has 20 heavy (non-hydrogen) atoms. The van der Waals surface area contributed by atoms with Gasteiger partial charge in [0, 0.05) is 19.2 Å². The molecule has 1 N–H and O–H groups in total. The van der Waals surface area contributed by atoms with Crippen molar-refractivity contribution in [1.29, 1.82) is 0 Å². The first-order valence-corrected chi connectivity index (χ1v) is 6.72. The van der Waals surface area contributed by atoms with E-state index >= 15 is 0 Å². The van der Waals surface area contributed by atoms with Gasteiger partial charge in [-0.3, -0.25) is 4.68 Å². The molecular formula is C15H20FN3O. The van der Waals surface area contributed by atoms with Crippen LogP contribution in [0, 0.1) is 5.82 Å². The van der Waals surface area contributed by atoms with Crippen LogP contribution in [-0.4, -0.2) is 16.8 Å². The lowest BCUT2D eigenvalue weighted by atomic mass is 10.2. The summed E-state index contributed by atoms with van der Waals surface area (Å²) in [6.45, 7) is 2.93. The van der Waals surface area contributed by atoms with Gasteiger partial charge < -0.3 is 10.1 Å².